The van der Waals surface area contributed by atoms with Crippen molar-refractivity contribution in [3.63, 3.8) is 0 Å². The number of thioether (sulfide) groups is 1. The quantitative estimate of drug-likeness (QED) is 0.226. The minimum Gasteiger partial charge on any atom is -0.372 e. The summed E-state index contributed by atoms with van der Waals surface area (Å²) in [5.74, 6) is 2.15. The number of aliphatic imine (C=N–C) groups is 1. The molecule has 6 heteroatoms. The van der Waals surface area contributed by atoms with Crippen LogP contribution < -0.4 is 15.5 Å². The number of nitrogens with zero attached hydrogens (tertiary/aromatic N) is 2. The van der Waals surface area contributed by atoms with Crippen LogP contribution in [0, 0.1) is 0 Å². The SMILES string of the molecule is CCN(CCCNC(=NC)NCCCCSC)c1ccccc1.I. The van der Waals surface area contributed by atoms with Gasteiger partial charge in [0.25, 0.3) is 0 Å². The van der Waals surface area contributed by atoms with E-state index in [0.717, 1.165) is 38.6 Å². The van der Waals surface area contributed by atoms with Gasteiger partial charge in [0.15, 0.2) is 5.96 Å². The number of hydrogen-bond acceptors (Lipinski definition) is 3. The molecule has 0 radical (unpaired) electrons. The third kappa shape index (κ3) is 10.3. The lowest BCUT2D eigenvalue weighted by Crippen LogP contribution is -2.39. The lowest BCUT2D eigenvalue weighted by Gasteiger charge is -2.23. The highest BCUT2D eigenvalue weighted by Crippen LogP contribution is 2.12. The highest BCUT2D eigenvalue weighted by Gasteiger charge is 2.03. The van der Waals surface area contributed by atoms with Crippen molar-refractivity contribution in [2.75, 3.05) is 50.1 Å². The first-order valence-electron chi connectivity index (χ1n) is 8.55. The topological polar surface area (TPSA) is 39.7 Å². The third-order valence-electron chi connectivity index (χ3n) is 3.69. The summed E-state index contributed by atoms with van der Waals surface area (Å²) in [5.41, 5.74) is 1.30. The average Bonchev–Trinajstić information content (AvgIpc) is 2.60. The highest BCUT2D eigenvalue weighted by molar-refractivity contribution is 14.0. The second kappa shape index (κ2) is 15.9. The highest BCUT2D eigenvalue weighted by atomic mass is 127. The van der Waals surface area contributed by atoms with E-state index >= 15 is 0 Å². The van der Waals surface area contributed by atoms with Gasteiger partial charge in [0.2, 0.25) is 0 Å². The summed E-state index contributed by atoms with van der Waals surface area (Å²) in [6, 6.07) is 10.6. The smallest absolute Gasteiger partial charge is 0.190 e. The van der Waals surface area contributed by atoms with Crippen LogP contribution in [0.4, 0.5) is 5.69 Å². The van der Waals surface area contributed by atoms with E-state index in [1.165, 1.54) is 24.3 Å². The molecule has 24 heavy (non-hydrogen) atoms. The Balaban J connectivity index is 0.00000529. The average molecular weight is 464 g/mol. The predicted octanol–water partition coefficient (Wildman–Crippen LogP) is 3.83. The van der Waals surface area contributed by atoms with Crippen LogP contribution in [0.15, 0.2) is 35.3 Å². The van der Waals surface area contributed by atoms with Crippen molar-refractivity contribution in [2.45, 2.75) is 26.2 Å². The van der Waals surface area contributed by atoms with E-state index in [0.29, 0.717) is 0 Å². The number of rotatable bonds is 11. The van der Waals surface area contributed by atoms with Crippen molar-refractivity contribution in [1.82, 2.24) is 10.6 Å². The molecule has 0 heterocycles. The molecule has 0 bridgehead atoms. The van der Waals surface area contributed by atoms with Crippen LogP contribution in [0.1, 0.15) is 26.2 Å². The van der Waals surface area contributed by atoms with Crippen LogP contribution in [0.3, 0.4) is 0 Å². The van der Waals surface area contributed by atoms with Crippen LogP contribution in [-0.4, -0.2) is 51.2 Å². The Kier molecular flexibility index (Phi) is 15.5. The third-order valence-corrected chi connectivity index (χ3v) is 4.39. The number of anilines is 1. The Bertz CT molecular complexity index is 428. The molecule has 0 fully saturated rings. The maximum atomic E-state index is 4.28. The van der Waals surface area contributed by atoms with Crippen LogP contribution in [0.25, 0.3) is 0 Å². The molecule has 1 aromatic carbocycles. The van der Waals surface area contributed by atoms with Gasteiger partial charge in [0, 0.05) is 38.9 Å². The summed E-state index contributed by atoms with van der Waals surface area (Å²) in [5, 5.41) is 6.78. The van der Waals surface area contributed by atoms with Gasteiger partial charge in [-0.15, -0.1) is 24.0 Å². The number of nitrogens with one attached hydrogen (secondary N) is 2. The van der Waals surface area contributed by atoms with Crippen molar-refractivity contribution in [1.29, 1.82) is 0 Å². The Morgan fingerprint density at radius 2 is 1.75 bits per heavy atom. The molecule has 0 aliphatic carbocycles. The summed E-state index contributed by atoms with van der Waals surface area (Å²) < 4.78 is 0. The van der Waals surface area contributed by atoms with Gasteiger partial charge in [-0.05, 0) is 50.3 Å². The van der Waals surface area contributed by atoms with Crippen molar-refractivity contribution < 1.29 is 0 Å². The van der Waals surface area contributed by atoms with Crippen LogP contribution in [0.5, 0.6) is 0 Å². The summed E-state index contributed by atoms with van der Waals surface area (Å²) in [6.45, 7) is 6.22. The molecule has 0 spiro atoms. The van der Waals surface area contributed by atoms with Gasteiger partial charge in [-0.2, -0.15) is 11.8 Å². The van der Waals surface area contributed by atoms with E-state index in [4.69, 9.17) is 0 Å². The molecule has 0 unspecified atom stereocenters. The van der Waals surface area contributed by atoms with E-state index < -0.39 is 0 Å². The molecule has 0 amide bonds. The van der Waals surface area contributed by atoms with E-state index in [2.05, 4.69) is 64.0 Å². The maximum Gasteiger partial charge on any atom is 0.190 e. The monoisotopic (exact) mass is 464 g/mol. The molecule has 0 saturated carbocycles. The first-order chi connectivity index (χ1) is 11.3. The van der Waals surface area contributed by atoms with E-state index in [-0.39, 0.29) is 24.0 Å². The molecule has 1 rings (SSSR count). The van der Waals surface area contributed by atoms with Gasteiger partial charge in [-0.3, -0.25) is 4.99 Å². The van der Waals surface area contributed by atoms with Gasteiger partial charge in [-0.1, -0.05) is 18.2 Å². The largest absolute Gasteiger partial charge is 0.372 e. The summed E-state index contributed by atoms with van der Waals surface area (Å²) >= 11 is 1.91. The van der Waals surface area contributed by atoms with E-state index in [1.54, 1.807) is 0 Å². The molecule has 1 aromatic rings. The zero-order valence-electron chi connectivity index (χ0n) is 15.3. The fraction of sp³-hybridized carbons (Fsp3) is 0.611. The molecule has 138 valence electrons. The van der Waals surface area contributed by atoms with Gasteiger partial charge < -0.3 is 15.5 Å². The second-order valence-electron chi connectivity index (χ2n) is 5.39. The van der Waals surface area contributed by atoms with Gasteiger partial charge in [0.05, 0.1) is 0 Å². The standard InChI is InChI=1S/C18H32N4S.HI/c1-4-22(17-11-6-5-7-12-17)15-10-14-21-18(19-2)20-13-8-9-16-23-3;/h5-7,11-12H,4,8-10,13-16H2,1-3H3,(H2,19,20,21);1H. The number of unbranched alkanes of at least 4 members (excludes halogenated alkanes) is 1. The van der Waals surface area contributed by atoms with Gasteiger partial charge in [0.1, 0.15) is 0 Å². The first kappa shape index (κ1) is 23.4. The molecule has 0 aliphatic heterocycles. The predicted molar refractivity (Wildman–Crippen MR) is 121 cm³/mol. The number of hydrogen-bond donors (Lipinski definition) is 2. The molecule has 0 aromatic heterocycles. The first-order valence-corrected chi connectivity index (χ1v) is 9.94. The Morgan fingerprint density at radius 1 is 1.08 bits per heavy atom. The fourth-order valence-electron chi connectivity index (χ4n) is 2.38. The minimum absolute atomic E-state index is 0. The summed E-state index contributed by atoms with van der Waals surface area (Å²) in [7, 11) is 1.83. The zero-order valence-corrected chi connectivity index (χ0v) is 18.4. The molecule has 0 atom stereocenters. The second-order valence-corrected chi connectivity index (χ2v) is 6.38. The Labute approximate surface area is 169 Å². The van der Waals surface area contributed by atoms with Crippen LogP contribution in [0.2, 0.25) is 0 Å². The number of benzene rings is 1. The number of halogens is 1. The Hall–Kier alpha value is -0.630. The lowest BCUT2D eigenvalue weighted by atomic mass is 10.2. The van der Waals surface area contributed by atoms with Gasteiger partial charge >= 0.3 is 0 Å². The van der Waals surface area contributed by atoms with Crippen LogP contribution in [-0.2, 0) is 0 Å². The van der Waals surface area contributed by atoms with Crippen molar-refractivity contribution in [2.24, 2.45) is 4.99 Å². The summed E-state index contributed by atoms with van der Waals surface area (Å²) in [6.07, 6.45) is 5.70. The number of guanidine groups is 1. The fourth-order valence-corrected chi connectivity index (χ4v) is 2.88. The molecule has 0 saturated heterocycles. The Morgan fingerprint density at radius 3 is 2.33 bits per heavy atom. The van der Waals surface area contributed by atoms with Crippen molar-refractivity contribution in [3.8, 4) is 0 Å². The van der Waals surface area contributed by atoms with Gasteiger partial charge in [-0.25, -0.2) is 0 Å². The maximum absolute atomic E-state index is 4.28. The normalized spacial score (nSPS) is 10.9. The molecular weight excluding hydrogens is 431 g/mol. The molecular formula is C18H33IN4S. The van der Waals surface area contributed by atoms with E-state index in [1.807, 2.05) is 18.8 Å². The molecule has 4 nitrogen and oxygen atoms in total. The lowest BCUT2D eigenvalue weighted by molar-refractivity contribution is 0.696. The minimum atomic E-state index is 0. The number of para-hydroxylation sites is 1. The van der Waals surface area contributed by atoms with Crippen molar-refractivity contribution >= 4 is 47.4 Å². The summed E-state index contributed by atoms with van der Waals surface area (Å²) in [4.78, 5) is 6.68. The zero-order chi connectivity index (χ0) is 16.8. The molecule has 2 N–H and O–H groups in total. The molecule has 0 aliphatic rings. The van der Waals surface area contributed by atoms with Crippen molar-refractivity contribution in [3.05, 3.63) is 30.3 Å². The van der Waals surface area contributed by atoms with Crippen LogP contribution >= 0.6 is 35.7 Å². The van der Waals surface area contributed by atoms with E-state index in [9.17, 15) is 0 Å².